The van der Waals surface area contributed by atoms with Gasteiger partial charge in [-0.2, -0.15) is 0 Å². The van der Waals surface area contributed by atoms with Crippen molar-refractivity contribution < 1.29 is 33.7 Å². The van der Waals surface area contributed by atoms with Crippen LogP contribution in [0.1, 0.15) is 75.4 Å². The summed E-state index contributed by atoms with van der Waals surface area (Å²) < 4.78 is 15.7. The summed E-state index contributed by atoms with van der Waals surface area (Å²) in [5.74, 6) is -0.401. The fourth-order valence-electron chi connectivity index (χ4n) is 3.82. The van der Waals surface area contributed by atoms with Crippen LogP contribution in [-0.2, 0) is 14.3 Å². The fraction of sp³-hybridized carbons (Fsp3) is 0.364. The number of ether oxygens (including phenoxy) is 3. The van der Waals surface area contributed by atoms with Crippen molar-refractivity contribution in [3.63, 3.8) is 0 Å². The van der Waals surface area contributed by atoms with Crippen LogP contribution in [0.25, 0.3) is 0 Å². The topological polar surface area (TPSA) is 99.1 Å². The number of alkyl halides is 2. The second-order valence-corrected chi connectivity index (χ2v) is 13.4. The highest BCUT2D eigenvalue weighted by Crippen LogP contribution is 2.59. The zero-order chi connectivity index (χ0) is 32.2. The van der Waals surface area contributed by atoms with E-state index in [9.17, 15) is 14.4 Å². The molecule has 10 heteroatoms. The highest BCUT2D eigenvalue weighted by molar-refractivity contribution is 6.51. The van der Waals surface area contributed by atoms with Crippen LogP contribution in [0.3, 0.4) is 0 Å². The van der Waals surface area contributed by atoms with Crippen LogP contribution in [0.4, 0.5) is 0 Å². The van der Waals surface area contributed by atoms with Gasteiger partial charge in [0.2, 0.25) is 0 Å². The number of carboxylic acid groups (broad SMARTS) is 1. The quantitative estimate of drug-likeness (QED) is 0.134. The number of carbonyl (C=O) groups is 3. The van der Waals surface area contributed by atoms with E-state index >= 15 is 0 Å². The number of ketones is 1. The number of carboxylic acids is 1. The molecular weight excluding hydrogens is 615 g/mol. The van der Waals surface area contributed by atoms with E-state index in [1.54, 1.807) is 88.4 Å². The molecule has 0 aromatic heterocycles. The molecule has 43 heavy (non-hydrogen) atoms. The lowest BCUT2D eigenvalue weighted by molar-refractivity contribution is -0.163. The standard InChI is InChI=1S/C20H21ClO4.C13H14Cl2O3/c1-13(2)24-19(23)20(3,4)25-17-11-7-15(8-12-17)18(22)14-5-9-16(21)10-6-14;1-12(2,11(16)17)18-9-5-3-8(4-6-9)10-7-13(10,14)15/h5-13H,1-4H3;3-6,10H,7H2,1-2H3,(H,16,17). The van der Waals surface area contributed by atoms with Gasteiger partial charge in [0.15, 0.2) is 17.0 Å². The molecule has 0 heterocycles. The number of esters is 1. The molecule has 0 bridgehead atoms. The largest absolute Gasteiger partial charge is 0.478 e. The Hall–Kier alpha value is -3.26. The molecule has 0 aliphatic heterocycles. The number of hydrogen-bond acceptors (Lipinski definition) is 6. The first-order chi connectivity index (χ1) is 19.9. The predicted molar refractivity (Wildman–Crippen MR) is 168 cm³/mol. The summed E-state index contributed by atoms with van der Waals surface area (Å²) in [6.07, 6.45) is 0.534. The Morgan fingerprint density at radius 3 is 1.63 bits per heavy atom. The predicted octanol–water partition coefficient (Wildman–Crippen LogP) is 8.27. The van der Waals surface area contributed by atoms with Gasteiger partial charge in [0, 0.05) is 22.1 Å². The molecule has 1 aliphatic carbocycles. The Balaban J connectivity index is 0.000000248. The first-order valence-electron chi connectivity index (χ1n) is 13.6. The molecule has 0 radical (unpaired) electrons. The van der Waals surface area contributed by atoms with E-state index in [0.717, 1.165) is 12.0 Å². The number of rotatable bonds is 10. The van der Waals surface area contributed by atoms with Crippen LogP contribution >= 0.6 is 34.8 Å². The van der Waals surface area contributed by atoms with Gasteiger partial charge in [0.05, 0.1) is 6.10 Å². The van der Waals surface area contributed by atoms with Crippen molar-refractivity contribution in [3.05, 3.63) is 94.5 Å². The SMILES string of the molecule is CC(C)(Oc1ccc(C2CC2(Cl)Cl)cc1)C(=O)O.CC(C)OC(=O)C(C)(C)Oc1ccc(C(=O)c2ccc(Cl)cc2)cc1. The van der Waals surface area contributed by atoms with Gasteiger partial charge in [-0.15, -0.1) is 23.2 Å². The molecule has 1 aliphatic rings. The van der Waals surface area contributed by atoms with Gasteiger partial charge in [-0.25, -0.2) is 9.59 Å². The molecule has 0 amide bonds. The maximum Gasteiger partial charge on any atom is 0.350 e. The monoisotopic (exact) mass is 648 g/mol. The van der Waals surface area contributed by atoms with E-state index < -0.39 is 27.5 Å². The van der Waals surface area contributed by atoms with Crippen LogP contribution < -0.4 is 9.47 Å². The lowest BCUT2D eigenvalue weighted by Gasteiger charge is -2.25. The second-order valence-electron chi connectivity index (χ2n) is 11.4. The van der Waals surface area contributed by atoms with E-state index in [-0.39, 0.29) is 17.8 Å². The number of hydrogen-bond donors (Lipinski definition) is 1. The number of halogens is 3. The van der Waals surface area contributed by atoms with E-state index in [1.807, 2.05) is 12.1 Å². The number of carbonyl (C=O) groups excluding carboxylic acids is 2. The minimum absolute atomic E-state index is 0.110. The minimum atomic E-state index is -1.25. The smallest absolute Gasteiger partial charge is 0.350 e. The van der Waals surface area contributed by atoms with Gasteiger partial charge in [-0.05, 0) is 114 Å². The summed E-state index contributed by atoms with van der Waals surface area (Å²) in [6, 6.07) is 20.6. The summed E-state index contributed by atoms with van der Waals surface area (Å²) in [5.41, 5.74) is -0.243. The number of benzene rings is 3. The lowest BCUT2D eigenvalue weighted by Crippen LogP contribution is -2.40. The lowest BCUT2D eigenvalue weighted by atomic mass is 10.0. The Morgan fingerprint density at radius 1 is 0.791 bits per heavy atom. The van der Waals surface area contributed by atoms with Crippen LogP contribution in [0.5, 0.6) is 11.5 Å². The molecule has 3 aromatic rings. The molecule has 4 rings (SSSR count). The molecule has 1 unspecified atom stereocenters. The average Bonchev–Trinajstić information content (AvgIpc) is 3.56. The van der Waals surface area contributed by atoms with E-state index in [2.05, 4.69) is 0 Å². The summed E-state index contributed by atoms with van der Waals surface area (Å²) in [5, 5.41) is 9.54. The van der Waals surface area contributed by atoms with Crippen molar-refractivity contribution in [1.82, 2.24) is 0 Å². The van der Waals surface area contributed by atoms with Crippen LogP contribution in [-0.4, -0.2) is 44.5 Å². The second kappa shape index (κ2) is 13.6. The molecule has 3 aromatic carbocycles. The van der Waals surface area contributed by atoms with Crippen LogP contribution in [0, 0.1) is 0 Å². The molecule has 1 atom stereocenters. The molecule has 0 spiro atoms. The average molecular weight is 650 g/mol. The molecule has 7 nitrogen and oxygen atoms in total. The zero-order valence-electron chi connectivity index (χ0n) is 24.8. The third-order valence-electron chi connectivity index (χ3n) is 6.43. The molecule has 1 saturated carbocycles. The van der Waals surface area contributed by atoms with Gasteiger partial charge in [0.1, 0.15) is 15.8 Å². The first-order valence-corrected chi connectivity index (χ1v) is 14.8. The van der Waals surface area contributed by atoms with Gasteiger partial charge in [-0.3, -0.25) is 4.79 Å². The maximum atomic E-state index is 12.4. The summed E-state index contributed by atoms with van der Waals surface area (Å²) >= 11 is 17.8. The normalized spacial score (nSPS) is 15.5. The molecule has 0 saturated heterocycles. The zero-order valence-corrected chi connectivity index (χ0v) is 27.1. The number of aliphatic carboxylic acids is 1. The summed E-state index contributed by atoms with van der Waals surface area (Å²) in [4.78, 5) is 35.4. The summed E-state index contributed by atoms with van der Waals surface area (Å²) in [7, 11) is 0. The van der Waals surface area contributed by atoms with Crippen LogP contribution in [0.15, 0.2) is 72.8 Å². The van der Waals surface area contributed by atoms with Crippen molar-refractivity contribution >= 4 is 52.5 Å². The van der Waals surface area contributed by atoms with Crippen molar-refractivity contribution in [2.24, 2.45) is 0 Å². The first kappa shape index (κ1) is 34.2. The van der Waals surface area contributed by atoms with Crippen LogP contribution in [0.2, 0.25) is 5.02 Å². The third kappa shape index (κ3) is 9.62. The van der Waals surface area contributed by atoms with Crippen molar-refractivity contribution in [1.29, 1.82) is 0 Å². The summed E-state index contributed by atoms with van der Waals surface area (Å²) in [6.45, 7) is 9.87. The maximum absolute atomic E-state index is 12.4. The van der Waals surface area contributed by atoms with Gasteiger partial charge in [-0.1, -0.05) is 23.7 Å². The van der Waals surface area contributed by atoms with Gasteiger partial charge >= 0.3 is 11.9 Å². The molecule has 230 valence electrons. The Morgan fingerprint density at radius 2 is 1.21 bits per heavy atom. The molecule has 1 N–H and O–H groups in total. The highest BCUT2D eigenvalue weighted by Gasteiger charge is 2.52. The molecular formula is C33H35Cl3O7. The Bertz CT molecular complexity index is 1430. The Labute approximate surface area is 267 Å². The fourth-order valence-corrected chi connectivity index (χ4v) is 4.50. The van der Waals surface area contributed by atoms with Crippen molar-refractivity contribution in [3.8, 4) is 11.5 Å². The van der Waals surface area contributed by atoms with Crippen molar-refractivity contribution in [2.45, 2.75) is 75.5 Å². The van der Waals surface area contributed by atoms with E-state index in [0.29, 0.717) is 27.6 Å². The van der Waals surface area contributed by atoms with Crippen molar-refractivity contribution in [2.75, 3.05) is 0 Å². The van der Waals surface area contributed by atoms with E-state index in [4.69, 9.17) is 54.1 Å². The highest BCUT2D eigenvalue weighted by atomic mass is 35.5. The molecule has 1 fully saturated rings. The Kier molecular flexibility index (Phi) is 10.8. The third-order valence-corrected chi connectivity index (χ3v) is 7.51. The van der Waals surface area contributed by atoms with Gasteiger partial charge < -0.3 is 19.3 Å². The van der Waals surface area contributed by atoms with E-state index in [1.165, 1.54) is 13.8 Å². The van der Waals surface area contributed by atoms with Gasteiger partial charge in [0.25, 0.3) is 0 Å². The minimum Gasteiger partial charge on any atom is -0.478 e.